The molecular weight excluding hydrogens is 271 g/mol. The minimum absolute atomic E-state index is 0.0557. The first-order chi connectivity index (χ1) is 8.72. The normalized spacial score (nSPS) is 18.1. The van der Waals surface area contributed by atoms with Crippen LogP contribution in [0.1, 0.15) is 68.2 Å². The third kappa shape index (κ3) is 10.9. The Kier molecular flexibility index (Phi) is 7.48. The summed E-state index contributed by atoms with van der Waals surface area (Å²) in [6, 6.07) is 0. The largest absolute Gasteiger partial charge is 0.328 e. The molecular formula is C16H35O3P. The van der Waals surface area contributed by atoms with Gasteiger partial charge in [0.2, 0.25) is 0 Å². The van der Waals surface area contributed by atoms with Crippen LogP contribution in [0.3, 0.4) is 0 Å². The molecule has 2 unspecified atom stereocenters. The number of rotatable bonds is 8. The van der Waals surface area contributed by atoms with Gasteiger partial charge < -0.3 is 9.42 Å². The molecule has 4 heteroatoms. The minimum atomic E-state index is -3.47. The standard InChI is InChI=1S/C16H35O3P/c1-13(2)9-16(7,8)12-19-20(17,18)11-14(3)10-15(4,5)6/h13-14H,9-12H2,1-8H3,(H,17,18). The van der Waals surface area contributed by atoms with E-state index in [9.17, 15) is 9.46 Å². The van der Waals surface area contributed by atoms with Crippen LogP contribution in [0.25, 0.3) is 0 Å². The SMILES string of the molecule is CC(C)CC(C)(C)COP(=O)(O)CC(C)CC(C)(C)C. The molecule has 0 aliphatic heterocycles. The van der Waals surface area contributed by atoms with Crippen molar-refractivity contribution in [3.8, 4) is 0 Å². The molecule has 0 spiro atoms. The Hall–Kier alpha value is 0.150. The van der Waals surface area contributed by atoms with Crippen LogP contribution in [-0.2, 0) is 9.09 Å². The minimum Gasteiger partial charge on any atom is -0.324 e. The van der Waals surface area contributed by atoms with Crippen molar-refractivity contribution in [2.24, 2.45) is 22.7 Å². The van der Waals surface area contributed by atoms with Gasteiger partial charge in [-0.1, -0.05) is 55.4 Å². The van der Waals surface area contributed by atoms with Crippen molar-refractivity contribution in [3.63, 3.8) is 0 Å². The maximum absolute atomic E-state index is 12.2. The van der Waals surface area contributed by atoms with E-state index in [4.69, 9.17) is 4.52 Å². The molecule has 2 atom stereocenters. The van der Waals surface area contributed by atoms with Crippen LogP contribution in [-0.4, -0.2) is 17.7 Å². The molecule has 0 heterocycles. The van der Waals surface area contributed by atoms with E-state index in [2.05, 4.69) is 48.5 Å². The molecule has 0 rings (SSSR count). The number of hydrogen-bond donors (Lipinski definition) is 1. The Balaban J connectivity index is 4.35. The Morgan fingerprint density at radius 2 is 1.55 bits per heavy atom. The first-order valence-corrected chi connectivity index (χ1v) is 9.45. The summed E-state index contributed by atoms with van der Waals surface area (Å²) in [5.74, 6) is 0.755. The Bertz CT molecular complexity index is 329. The third-order valence-electron chi connectivity index (χ3n) is 3.12. The van der Waals surface area contributed by atoms with Crippen molar-refractivity contribution in [3.05, 3.63) is 0 Å². The molecule has 0 aromatic carbocycles. The van der Waals surface area contributed by atoms with Crippen molar-refractivity contribution in [2.45, 2.75) is 68.2 Å². The van der Waals surface area contributed by atoms with E-state index >= 15 is 0 Å². The van der Waals surface area contributed by atoms with Crippen molar-refractivity contribution in [1.29, 1.82) is 0 Å². The average Bonchev–Trinajstić information content (AvgIpc) is 2.08. The molecule has 0 aliphatic rings. The molecule has 0 radical (unpaired) electrons. The van der Waals surface area contributed by atoms with Crippen LogP contribution in [0.2, 0.25) is 0 Å². The van der Waals surface area contributed by atoms with Gasteiger partial charge >= 0.3 is 7.60 Å². The van der Waals surface area contributed by atoms with E-state index in [0.717, 1.165) is 12.8 Å². The van der Waals surface area contributed by atoms with Crippen molar-refractivity contribution in [2.75, 3.05) is 12.8 Å². The first-order valence-electron chi connectivity index (χ1n) is 7.69. The second kappa shape index (κ2) is 7.42. The highest BCUT2D eigenvalue weighted by atomic mass is 31.2. The lowest BCUT2D eigenvalue weighted by Crippen LogP contribution is -2.22. The second-order valence-corrected chi connectivity index (χ2v) is 10.6. The van der Waals surface area contributed by atoms with Crippen molar-refractivity contribution in [1.82, 2.24) is 0 Å². The summed E-state index contributed by atoms with van der Waals surface area (Å²) in [6.45, 7) is 17.3. The molecule has 0 saturated heterocycles. The lowest BCUT2D eigenvalue weighted by Gasteiger charge is -2.29. The van der Waals surface area contributed by atoms with E-state index in [1.54, 1.807) is 0 Å². The highest BCUT2D eigenvalue weighted by molar-refractivity contribution is 7.52. The van der Waals surface area contributed by atoms with Gasteiger partial charge in [0, 0.05) is 0 Å². The van der Waals surface area contributed by atoms with Crippen LogP contribution >= 0.6 is 7.60 Å². The molecule has 0 saturated carbocycles. The van der Waals surface area contributed by atoms with Gasteiger partial charge in [0.1, 0.15) is 0 Å². The van der Waals surface area contributed by atoms with Crippen LogP contribution in [0.5, 0.6) is 0 Å². The molecule has 0 fully saturated rings. The topological polar surface area (TPSA) is 46.5 Å². The number of hydrogen-bond acceptors (Lipinski definition) is 2. The van der Waals surface area contributed by atoms with Gasteiger partial charge in [0.25, 0.3) is 0 Å². The molecule has 20 heavy (non-hydrogen) atoms. The molecule has 1 N–H and O–H groups in total. The van der Waals surface area contributed by atoms with Gasteiger partial charge in [-0.3, -0.25) is 4.57 Å². The Labute approximate surface area is 126 Å². The van der Waals surface area contributed by atoms with E-state index < -0.39 is 7.60 Å². The van der Waals surface area contributed by atoms with E-state index in [1.165, 1.54) is 0 Å². The van der Waals surface area contributed by atoms with Gasteiger partial charge in [0.15, 0.2) is 0 Å². The lowest BCUT2D eigenvalue weighted by atomic mass is 9.85. The highest BCUT2D eigenvalue weighted by Gasteiger charge is 2.29. The Morgan fingerprint density at radius 3 is 1.95 bits per heavy atom. The van der Waals surface area contributed by atoms with Crippen LogP contribution in [0, 0.1) is 22.7 Å². The molecule has 3 nitrogen and oxygen atoms in total. The van der Waals surface area contributed by atoms with Gasteiger partial charge in [-0.25, -0.2) is 0 Å². The molecule has 0 aromatic heterocycles. The quantitative estimate of drug-likeness (QED) is 0.616. The summed E-state index contributed by atoms with van der Waals surface area (Å²) in [7, 11) is -3.47. The van der Waals surface area contributed by atoms with Gasteiger partial charge in [-0.05, 0) is 35.5 Å². The van der Waals surface area contributed by atoms with Crippen molar-refractivity contribution >= 4 is 7.60 Å². The molecule has 122 valence electrons. The maximum Gasteiger partial charge on any atom is 0.328 e. The van der Waals surface area contributed by atoms with Gasteiger partial charge in [-0.15, -0.1) is 0 Å². The summed E-state index contributed by atoms with van der Waals surface area (Å²) in [5.41, 5.74) is 0.121. The second-order valence-electron chi connectivity index (χ2n) is 8.73. The van der Waals surface area contributed by atoms with Gasteiger partial charge in [0.05, 0.1) is 12.8 Å². The summed E-state index contributed by atoms with van der Waals surface area (Å²) < 4.78 is 17.6. The first kappa shape index (κ1) is 20.1. The third-order valence-corrected chi connectivity index (χ3v) is 4.74. The zero-order valence-corrected chi connectivity index (χ0v) is 15.6. The van der Waals surface area contributed by atoms with Crippen LogP contribution in [0.15, 0.2) is 0 Å². The Morgan fingerprint density at radius 1 is 1.05 bits per heavy atom. The zero-order chi connectivity index (χ0) is 16.2. The van der Waals surface area contributed by atoms with E-state index in [1.807, 2.05) is 6.92 Å². The fraction of sp³-hybridized carbons (Fsp3) is 1.00. The van der Waals surface area contributed by atoms with Crippen LogP contribution < -0.4 is 0 Å². The molecule has 0 aliphatic carbocycles. The summed E-state index contributed by atoms with van der Waals surface area (Å²) in [5, 5.41) is 0. The predicted octanol–water partition coefficient (Wildman–Crippen LogP) is 5.33. The molecule has 0 amide bonds. The summed E-state index contributed by atoms with van der Waals surface area (Å²) >= 11 is 0. The summed E-state index contributed by atoms with van der Waals surface area (Å²) in [6.07, 6.45) is 2.17. The monoisotopic (exact) mass is 306 g/mol. The summed E-state index contributed by atoms with van der Waals surface area (Å²) in [4.78, 5) is 10.0. The lowest BCUT2D eigenvalue weighted by molar-refractivity contribution is 0.137. The van der Waals surface area contributed by atoms with E-state index in [-0.39, 0.29) is 22.9 Å². The smallest absolute Gasteiger partial charge is 0.324 e. The molecule has 0 bridgehead atoms. The highest BCUT2D eigenvalue weighted by Crippen LogP contribution is 2.47. The maximum atomic E-state index is 12.2. The average molecular weight is 306 g/mol. The van der Waals surface area contributed by atoms with Crippen LogP contribution in [0.4, 0.5) is 0 Å². The van der Waals surface area contributed by atoms with E-state index in [0.29, 0.717) is 12.5 Å². The van der Waals surface area contributed by atoms with Crippen molar-refractivity contribution < 1.29 is 14.0 Å². The zero-order valence-electron chi connectivity index (χ0n) is 14.7. The van der Waals surface area contributed by atoms with Gasteiger partial charge in [-0.2, -0.15) is 0 Å². The predicted molar refractivity (Wildman–Crippen MR) is 87.1 cm³/mol. The fourth-order valence-corrected chi connectivity index (χ4v) is 4.57. The fourth-order valence-electron chi connectivity index (χ4n) is 3.00. The molecule has 0 aromatic rings.